The number of methoxy groups -OCH3 is 2. The van der Waals surface area contributed by atoms with Crippen molar-refractivity contribution in [1.29, 1.82) is 0 Å². The van der Waals surface area contributed by atoms with Crippen molar-refractivity contribution in [3.8, 4) is 22.8 Å². The molecule has 0 saturated carbocycles. The first-order valence-electron chi connectivity index (χ1n) is 11.0. The van der Waals surface area contributed by atoms with Crippen LogP contribution in [0.5, 0.6) is 5.88 Å². The van der Waals surface area contributed by atoms with E-state index in [0.717, 1.165) is 21.9 Å². The highest BCUT2D eigenvalue weighted by Crippen LogP contribution is 2.33. The molecule has 1 aromatic carbocycles. The first kappa shape index (κ1) is 25.6. The number of esters is 1. The predicted octanol–water partition coefficient (Wildman–Crippen LogP) is 5.21. The maximum absolute atomic E-state index is 13.4. The van der Waals surface area contributed by atoms with Gasteiger partial charge in [-0.3, -0.25) is 0 Å². The van der Waals surface area contributed by atoms with E-state index in [0.29, 0.717) is 11.3 Å². The zero-order chi connectivity index (χ0) is 26.9. The number of halogens is 3. The van der Waals surface area contributed by atoms with Crippen LogP contribution < -0.4 is 10.1 Å². The molecule has 37 heavy (non-hydrogen) atoms. The first-order valence-corrected chi connectivity index (χ1v) is 11.0. The number of hydrogen-bond donors (Lipinski definition) is 1. The van der Waals surface area contributed by atoms with Crippen LogP contribution in [0.1, 0.15) is 32.9 Å². The molecule has 0 aliphatic heterocycles. The summed E-state index contributed by atoms with van der Waals surface area (Å²) >= 11 is 0. The first-order chi connectivity index (χ1) is 17.5. The topological polar surface area (TPSA) is 104 Å². The van der Waals surface area contributed by atoms with Gasteiger partial charge in [0.2, 0.25) is 11.8 Å². The molecule has 0 fully saturated rings. The Bertz CT molecular complexity index is 1460. The van der Waals surface area contributed by atoms with Gasteiger partial charge in [0.1, 0.15) is 5.56 Å². The molecule has 0 bridgehead atoms. The van der Waals surface area contributed by atoms with Gasteiger partial charge in [0, 0.05) is 34.9 Å². The summed E-state index contributed by atoms with van der Waals surface area (Å²) < 4.78 is 51.3. The van der Waals surface area contributed by atoms with Gasteiger partial charge < -0.3 is 14.8 Å². The van der Waals surface area contributed by atoms with Gasteiger partial charge in [0.15, 0.2) is 11.5 Å². The lowest BCUT2D eigenvalue weighted by Crippen LogP contribution is -2.11. The molecule has 9 nitrogen and oxygen atoms in total. The summed E-state index contributed by atoms with van der Waals surface area (Å²) in [6.45, 7) is 5.36. The van der Waals surface area contributed by atoms with Crippen LogP contribution in [0, 0.1) is 20.8 Å². The number of carbonyl (C=O) groups excluding carboxylic acids is 1. The molecular weight excluding hydrogens is 489 g/mol. The fourth-order valence-electron chi connectivity index (χ4n) is 3.82. The van der Waals surface area contributed by atoms with Crippen LogP contribution in [-0.2, 0) is 10.9 Å². The monoisotopic (exact) mass is 512 g/mol. The zero-order valence-electron chi connectivity index (χ0n) is 20.6. The van der Waals surface area contributed by atoms with Gasteiger partial charge in [0.25, 0.3) is 0 Å². The van der Waals surface area contributed by atoms with E-state index in [1.165, 1.54) is 39.6 Å². The number of anilines is 2. The summed E-state index contributed by atoms with van der Waals surface area (Å²) in [5, 5.41) is 6.85. The molecule has 0 unspecified atom stereocenters. The quantitative estimate of drug-likeness (QED) is 0.351. The van der Waals surface area contributed by atoms with E-state index in [-0.39, 0.29) is 34.5 Å². The molecule has 0 amide bonds. The molecule has 192 valence electrons. The minimum absolute atomic E-state index is 0.0269. The average Bonchev–Trinajstić information content (AvgIpc) is 3.24. The number of hydrogen-bond acceptors (Lipinski definition) is 8. The van der Waals surface area contributed by atoms with Crippen molar-refractivity contribution in [1.82, 2.24) is 24.7 Å². The van der Waals surface area contributed by atoms with Crippen molar-refractivity contribution in [2.45, 2.75) is 26.9 Å². The molecule has 3 heterocycles. The Kier molecular flexibility index (Phi) is 6.84. The third-order valence-electron chi connectivity index (χ3n) is 5.39. The molecule has 0 aliphatic carbocycles. The number of nitrogens with one attached hydrogen (secondary N) is 1. The second kappa shape index (κ2) is 9.88. The molecule has 0 radical (unpaired) electrons. The third kappa shape index (κ3) is 5.37. The van der Waals surface area contributed by atoms with Crippen molar-refractivity contribution >= 4 is 17.6 Å². The lowest BCUT2D eigenvalue weighted by molar-refractivity contribution is -0.141. The molecule has 0 saturated heterocycles. The average molecular weight is 512 g/mol. The van der Waals surface area contributed by atoms with Crippen LogP contribution in [0.25, 0.3) is 16.9 Å². The van der Waals surface area contributed by atoms with Gasteiger partial charge in [-0.05, 0) is 56.2 Å². The fraction of sp³-hybridized carbons (Fsp3) is 0.240. The van der Waals surface area contributed by atoms with E-state index in [1.807, 2.05) is 32.0 Å². The maximum atomic E-state index is 13.4. The van der Waals surface area contributed by atoms with Crippen LogP contribution >= 0.6 is 0 Å². The zero-order valence-corrected chi connectivity index (χ0v) is 20.6. The number of aryl methyl sites for hydroxylation is 3. The van der Waals surface area contributed by atoms with Crippen LogP contribution in [0.3, 0.4) is 0 Å². The summed E-state index contributed by atoms with van der Waals surface area (Å²) in [5.74, 6) is -0.475. The molecule has 0 spiro atoms. The van der Waals surface area contributed by atoms with E-state index in [9.17, 15) is 18.0 Å². The normalized spacial score (nSPS) is 11.4. The Morgan fingerprint density at radius 3 is 2.27 bits per heavy atom. The summed E-state index contributed by atoms with van der Waals surface area (Å²) in [7, 11) is 2.56. The lowest BCUT2D eigenvalue weighted by atomic mass is 10.1. The summed E-state index contributed by atoms with van der Waals surface area (Å²) in [5.41, 5.74) is 2.51. The van der Waals surface area contributed by atoms with E-state index in [2.05, 4.69) is 25.4 Å². The van der Waals surface area contributed by atoms with Crippen LogP contribution in [-0.4, -0.2) is 44.9 Å². The largest absolute Gasteiger partial charge is 0.480 e. The number of ether oxygens (including phenoxy) is 2. The Hall–Kier alpha value is -4.48. The SMILES string of the molecule is COC(=O)c1cc(-c2cnc(Nc3cc(C)cc(C)c3)nc2-n2nc(C(F)(F)F)cc2C)cnc1OC. The van der Waals surface area contributed by atoms with E-state index in [1.54, 1.807) is 0 Å². The number of benzene rings is 1. The number of pyridine rings is 1. The van der Waals surface area contributed by atoms with Gasteiger partial charge in [-0.2, -0.15) is 23.3 Å². The number of nitrogens with zero attached hydrogens (tertiary/aromatic N) is 5. The highest BCUT2D eigenvalue weighted by Gasteiger charge is 2.35. The van der Waals surface area contributed by atoms with Crippen molar-refractivity contribution in [2.24, 2.45) is 0 Å². The van der Waals surface area contributed by atoms with E-state index in [4.69, 9.17) is 9.47 Å². The Morgan fingerprint density at radius 1 is 0.973 bits per heavy atom. The number of rotatable bonds is 6. The molecule has 4 rings (SSSR count). The Labute approximate surface area is 210 Å². The smallest absolute Gasteiger partial charge is 0.435 e. The summed E-state index contributed by atoms with van der Waals surface area (Å²) in [6, 6.07) is 8.15. The van der Waals surface area contributed by atoms with Crippen molar-refractivity contribution in [3.05, 3.63) is 70.8 Å². The van der Waals surface area contributed by atoms with Crippen molar-refractivity contribution in [3.63, 3.8) is 0 Å². The number of aromatic nitrogens is 5. The fourth-order valence-corrected chi connectivity index (χ4v) is 3.82. The lowest BCUT2D eigenvalue weighted by Gasteiger charge is -2.14. The number of carbonyl (C=O) groups is 1. The molecular formula is C25H23F3N6O3. The molecule has 0 aliphatic rings. The molecule has 0 atom stereocenters. The highest BCUT2D eigenvalue weighted by molar-refractivity contribution is 5.93. The Balaban J connectivity index is 1.90. The minimum atomic E-state index is -4.65. The number of alkyl halides is 3. The van der Waals surface area contributed by atoms with Crippen molar-refractivity contribution < 1.29 is 27.4 Å². The predicted molar refractivity (Wildman–Crippen MR) is 129 cm³/mol. The minimum Gasteiger partial charge on any atom is -0.480 e. The van der Waals surface area contributed by atoms with Crippen molar-refractivity contribution in [2.75, 3.05) is 19.5 Å². The standard InChI is InChI=1S/C25H23F3N6O3/c1-13-6-14(2)8-17(7-13)31-24-30-12-19(16-10-18(23(35)37-5)22(36-4)29-11-16)21(32-24)34-15(3)9-20(33-34)25(26,27)28/h6-12H,1-5H3,(H,30,31,32). The van der Waals surface area contributed by atoms with Gasteiger partial charge >= 0.3 is 12.1 Å². The van der Waals surface area contributed by atoms with Crippen LogP contribution in [0.4, 0.5) is 24.8 Å². The van der Waals surface area contributed by atoms with Crippen LogP contribution in [0.2, 0.25) is 0 Å². The van der Waals surface area contributed by atoms with Gasteiger partial charge in [-0.15, -0.1) is 0 Å². The van der Waals surface area contributed by atoms with Gasteiger partial charge in [-0.1, -0.05) is 6.07 Å². The van der Waals surface area contributed by atoms with Crippen LogP contribution in [0.15, 0.2) is 42.7 Å². The summed E-state index contributed by atoms with van der Waals surface area (Å²) in [6.07, 6.45) is -1.83. The van der Waals surface area contributed by atoms with Gasteiger partial charge in [-0.25, -0.2) is 19.4 Å². The highest BCUT2D eigenvalue weighted by atomic mass is 19.4. The maximum Gasteiger partial charge on any atom is 0.435 e. The molecule has 3 aromatic heterocycles. The Morgan fingerprint density at radius 2 is 1.68 bits per heavy atom. The second-order valence-electron chi connectivity index (χ2n) is 8.29. The summed E-state index contributed by atoms with van der Waals surface area (Å²) in [4.78, 5) is 25.3. The molecule has 12 heteroatoms. The second-order valence-corrected chi connectivity index (χ2v) is 8.29. The molecule has 1 N–H and O–H groups in total. The molecule has 4 aromatic rings. The van der Waals surface area contributed by atoms with Gasteiger partial charge in [0.05, 0.1) is 14.2 Å². The van der Waals surface area contributed by atoms with E-state index < -0.39 is 17.8 Å². The van der Waals surface area contributed by atoms with E-state index >= 15 is 0 Å². The third-order valence-corrected chi connectivity index (χ3v) is 5.39.